The maximum absolute atomic E-state index is 12.9. The molecule has 0 saturated carbocycles. The summed E-state index contributed by atoms with van der Waals surface area (Å²) in [5, 5.41) is 3.21. The summed E-state index contributed by atoms with van der Waals surface area (Å²) in [5.41, 5.74) is 2.86. The van der Waals surface area contributed by atoms with Gasteiger partial charge in [-0.3, -0.25) is 4.79 Å². The molecule has 1 aliphatic rings. The van der Waals surface area contributed by atoms with Crippen LogP contribution in [0.25, 0.3) is 0 Å². The Labute approximate surface area is 189 Å². The number of rotatable bonds is 8. The normalized spacial score (nSPS) is 17.2. The van der Waals surface area contributed by atoms with Gasteiger partial charge >= 0.3 is 5.97 Å². The van der Waals surface area contributed by atoms with Crippen molar-refractivity contribution in [2.24, 2.45) is 5.92 Å². The van der Waals surface area contributed by atoms with Gasteiger partial charge in [-0.05, 0) is 43.5 Å². The van der Waals surface area contributed by atoms with Gasteiger partial charge in [0.15, 0.2) is 16.4 Å². The number of esters is 1. The van der Waals surface area contributed by atoms with E-state index in [-0.39, 0.29) is 29.4 Å². The Hall–Kier alpha value is -2.87. The first-order valence-electron chi connectivity index (χ1n) is 10.7. The van der Waals surface area contributed by atoms with E-state index in [1.165, 1.54) is 0 Å². The number of benzene rings is 2. The average Bonchev–Trinajstić information content (AvgIpc) is 3.11. The fourth-order valence-electron chi connectivity index (χ4n) is 3.72. The lowest BCUT2D eigenvalue weighted by molar-refractivity contribution is -0.137. The van der Waals surface area contributed by atoms with Crippen molar-refractivity contribution in [2.75, 3.05) is 30.0 Å². The summed E-state index contributed by atoms with van der Waals surface area (Å²) in [6.07, 6.45) is 0.415. The van der Waals surface area contributed by atoms with Gasteiger partial charge in [0, 0.05) is 18.3 Å². The van der Waals surface area contributed by atoms with Crippen LogP contribution in [0.3, 0.4) is 0 Å². The minimum Gasteiger partial charge on any atom is -0.452 e. The molecule has 0 radical (unpaired) electrons. The van der Waals surface area contributed by atoms with Crippen LogP contribution in [-0.2, 0) is 19.4 Å². The Morgan fingerprint density at radius 1 is 1.12 bits per heavy atom. The Bertz CT molecular complexity index is 1060. The quantitative estimate of drug-likeness (QED) is 0.608. The minimum atomic E-state index is -3.13. The maximum Gasteiger partial charge on any atom is 0.340 e. The van der Waals surface area contributed by atoms with Crippen LogP contribution in [0, 0.1) is 12.8 Å². The van der Waals surface area contributed by atoms with Crippen molar-refractivity contribution in [1.29, 1.82) is 0 Å². The van der Waals surface area contributed by atoms with E-state index in [0.717, 1.165) is 11.3 Å². The fourth-order valence-corrected chi connectivity index (χ4v) is 5.45. The van der Waals surface area contributed by atoms with Crippen molar-refractivity contribution in [3.05, 3.63) is 59.7 Å². The summed E-state index contributed by atoms with van der Waals surface area (Å²) in [4.78, 5) is 27.2. The molecule has 0 bridgehead atoms. The molecule has 2 aromatic carbocycles. The van der Waals surface area contributed by atoms with E-state index in [4.69, 9.17) is 4.74 Å². The van der Waals surface area contributed by atoms with Gasteiger partial charge in [-0.1, -0.05) is 43.7 Å². The minimum absolute atomic E-state index is 0.0390. The standard InChI is InChI=1S/C24H30N2O5S/c1-17(2)14-26(20-12-13-32(29,30)16-20)23(27)15-31-24(28)21-6-4-5-7-22(21)25-19-10-8-18(3)9-11-19/h4-11,17,20,25H,12-16H2,1-3H3. The first-order chi connectivity index (χ1) is 15.1. The number of sulfone groups is 1. The summed E-state index contributed by atoms with van der Waals surface area (Å²) in [7, 11) is -3.13. The Balaban J connectivity index is 1.67. The molecule has 0 aromatic heterocycles. The topological polar surface area (TPSA) is 92.8 Å². The van der Waals surface area contributed by atoms with Crippen LogP contribution in [0.4, 0.5) is 11.4 Å². The van der Waals surface area contributed by atoms with Crippen molar-refractivity contribution in [2.45, 2.75) is 33.2 Å². The average molecular weight is 459 g/mol. The van der Waals surface area contributed by atoms with Crippen LogP contribution in [0.5, 0.6) is 0 Å². The third-order valence-corrected chi connectivity index (χ3v) is 7.09. The molecule has 1 saturated heterocycles. The second-order valence-corrected chi connectivity index (χ2v) is 10.8. The molecule has 1 heterocycles. The van der Waals surface area contributed by atoms with Gasteiger partial charge in [-0.2, -0.15) is 0 Å². The summed E-state index contributed by atoms with van der Waals surface area (Å²) >= 11 is 0. The number of carbonyl (C=O) groups is 2. The molecule has 1 aliphatic heterocycles. The lowest BCUT2D eigenvalue weighted by Crippen LogP contribution is -2.45. The molecule has 1 atom stereocenters. The van der Waals surface area contributed by atoms with E-state index < -0.39 is 22.4 Å². The molecule has 1 fully saturated rings. The summed E-state index contributed by atoms with van der Waals surface area (Å²) in [6, 6.07) is 14.3. The molecule has 8 heteroatoms. The van der Waals surface area contributed by atoms with E-state index in [0.29, 0.717) is 24.2 Å². The molecule has 1 unspecified atom stereocenters. The van der Waals surface area contributed by atoms with Crippen molar-refractivity contribution in [3.8, 4) is 0 Å². The van der Waals surface area contributed by atoms with Crippen molar-refractivity contribution in [3.63, 3.8) is 0 Å². The van der Waals surface area contributed by atoms with E-state index in [1.807, 2.05) is 51.1 Å². The first kappa shape index (κ1) is 23.8. The van der Waals surface area contributed by atoms with Gasteiger partial charge in [-0.15, -0.1) is 0 Å². The Kier molecular flexibility index (Phi) is 7.56. The smallest absolute Gasteiger partial charge is 0.340 e. The van der Waals surface area contributed by atoms with Crippen LogP contribution < -0.4 is 5.32 Å². The second-order valence-electron chi connectivity index (χ2n) is 8.61. The molecule has 32 heavy (non-hydrogen) atoms. The number of hydrogen-bond donors (Lipinski definition) is 1. The van der Waals surface area contributed by atoms with E-state index in [2.05, 4.69) is 5.32 Å². The lowest BCUT2D eigenvalue weighted by Gasteiger charge is -2.29. The maximum atomic E-state index is 12.9. The molecule has 1 N–H and O–H groups in total. The van der Waals surface area contributed by atoms with Crippen molar-refractivity contribution < 1.29 is 22.7 Å². The number of para-hydroxylation sites is 1. The molecular weight excluding hydrogens is 428 g/mol. The first-order valence-corrected chi connectivity index (χ1v) is 12.6. The molecule has 0 spiro atoms. The fraction of sp³-hybridized carbons (Fsp3) is 0.417. The molecular formula is C24H30N2O5S. The zero-order valence-corrected chi connectivity index (χ0v) is 19.5. The van der Waals surface area contributed by atoms with Crippen LogP contribution >= 0.6 is 0 Å². The predicted octanol–water partition coefficient (Wildman–Crippen LogP) is 3.57. The number of anilines is 2. The Morgan fingerprint density at radius 3 is 2.44 bits per heavy atom. The van der Waals surface area contributed by atoms with Crippen LogP contribution in [0.2, 0.25) is 0 Å². The van der Waals surface area contributed by atoms with Gasteiger partial charge < -0.3 is 15.0 Å². The monoisotopic (exact) mass is 458 g/mol. The number of ether oxygens (including phenoxy) is 1. The largest absolute Gasteiger partial charge is 0.452 e. The SMILES string of the molecule is Cc1ccc(Nc2ccccc2C(=O)OCC(=O)N(CC(C)C)C2CCS(=O)(=O)C2)cc1. The van der Waals surface area contributed by atoms with Gasteiger partial charge in [0.1, 0.15) is 0 Å². The molecule has 7 nitrogen and oxygen atoms in total. The third-order valence-electron chi connectivity index (χ3n) is 5.34. The zero-order chi connectivity index (χ0) is 23.3. The predicted molar refractivity (Wildman–Crippen MR) is 125 cm³/mol. The molecule has 1 amide bonds. The number of carbonyl (C=O) groups excluding carboxylic acids is 2. The van der Waals surface area contributed by atoms with E-state index in [1.54, 1.807) is 23.1 Å². The van der Waals surface area contributed by atoms with E-state index in [9.17, 15) is 18.0 Å². The van der Waals surface area contributed by atoms with Gasteiger partial charge in [0.25, 0.3) is 5.91 Å². The van der Waals surface area contributed by atoms with Gasteiger partial charge in [0.05, 0.1) is 22.8 Å². The van der Waals surface area contributed by atoms with Crippen molar-refractivity contribution in [1.82, 2.24) is 4.90 Å². The number of amides is 1. The van der Waals surface area contributed by atoms with Gasteiger partial charge in [0.2, 0.25) is 0 Å². The van der Waals surface area contributed by atoms with Crippen molar-refractivity contribution >= 4 is 33.1 Å². The highest BCUT2D eigenvalue weighted by Crippen LogP contribution is 2.23. The lowest BCUT2D eigenvalue weighted by atomic mass is 10.1. The highest BCUT2D eigenvalue weighted by molar-refractivity contribution is 7.91. The number of nitrogens with one attached hydrogen (secondary N) is 1. The summed E-state index contributed by atoms with van der Waals surface area (Å²) < 4.78 is 29.1. The van der Waals surface area contributed by atoms with Crippen LogP contribution in [-0.4, -0.2) is 55.9 Å². The summed E-state index contributed by atoms with van der Waals surface area (Å²) in [5.74, 6) is -0.785. The Morgan fingerprint density at radius 2 is 1.81 bits per heavy atom. The summed E-state index contributed by atoms with van der Waals surface area (Å²) in [6.45, 7) is 5.91. The van der Waals surface area contributed by atoms with E-state index >= 15 is 0 Å². The molecule has 3 rings (SSSR count). The number of nitrogens with zero attached hydrogens (tertiary/aromatic N) is 1. The molecule has 172 valence electrons. The highest BCUT2D eigenvalue weighted by atomic mass is 32.2. The highest BCUT2D eigenvalue weighted by Gasteiger charge is 2.35. The third kappa shape index (κ3) is 6.32. The number of hydrogen-bond acceptors (Lipinski definition) is 6. The second kappa shape index (κ2) is 10.2. The molecule has 0 aliphatic carbocycles. The molecule has 2 aromatic rings. The van der Waals surface area contributed by atoms with Crippen LogP contribution in [0.1, 0.15) is 36.2 Å². The zero-order valence-electron chi connectivity index (χ0n) is 18.7. The van der Waals surface area contributed by atoms with Crippen LogP contribution in [0.15, 0.2) is 48.5 Å². The number of aryl methyl sites for hydroxylation is 1. The van der Waals surface area contributed by atoms with Gasteiger partial charge in [-0.25, -0.2) is 13.2 Å².